The van der Waals surface area contributed by atoms with Gasteiger partial charge in [-0.15, -0.1) is 9.35 Å². The smallest absolute Gasteiger partial charge is 0.390 e. The van der Waals surface area contributed by atoms with Gasteiger partial charge in [0.15, 0.2) is 0 Å². The number of aliphatic hydroxyl groups excluding tert-OH is 1. The van der Waals surface area contributed by atoms with Crippen molar-refractivity contribution in [3.05, 3.63) is 0 Å². The molecule has 6 N–H and O–H groups in total. The zero-order valence-corrected chi connectivity index (χ0v) is 18.1. The van der Waals surface area contributed by atoms with Crippen molar-refractivity contribution in [1.82, 2.24) is 10.6 Å². The van der Waals surface area contributed by atoms with Gasteiger partial charge in [-0.05, 0) is 0 Å². The number of aliphatic hydroxyl groups is 1. The highest BCUT2D eigenvalue weighted by Crippen LogP contribution is 2.80. The maximum atomic E-state index is 12.0. The number of rotatable bonds is 13. The van der Waals surface area contributed by atoms with Crippen LogP contribution in [0.2, 0.25) is 0 Å². The highest BCUT2D eigenvalue weighted by molar-refractivity contribution is 8.51. The van der Waals surface area contributed by atoms with E-state index in [1.807, 2.05) is 0 Å². The number of carbonyl (C=O) groups is 2. The summed E-state index contributed by atoms with van der Waals surface area (Å²) < 4.78 is 71.1. The Bertz CT molecular complexity index is 741. The lowest BCUT2D eigenvalue weighted by Crippen LogP contribution is -2.43. The molecular formula is C10H17F3N2O14P3-. The Hall–Kier alpha value is -0.780. The van der Waals surface area contributed by atoms with Crippen LogP contribution in [-0.4, -0.2) is 76.1 Å². The highest BCUT2D eigenvalue weighted by atomic mass is 32.5. The van der Waals surface area contributed by atoms with Crippen LogP contribution in [-0.2, 0) is 47.8 Å². The Morgan fingerprint density at radius 3 is 2.31 bits per heavy atom. The zero-order chi connectivity index (χ0) is 24.6. The lowest BCUT2D eigenvalue weighted by molar-refractivity contribution is -0.472. The molecule has 1 rings (SSSR count). The second-order valence-electron chi connectivity index (χ2n) is 5.66. The first-order chi connectivity index (χ1) is 14.7. The maximum absolute atomic E-state index is 12.0. The fourth-order valence-corrected chi connectivity index (χ4v) is 6.86. The van der Waals surface area contributed by atoms with Crippen molar-refractivity contribution in [3.63, 3.8) is 0 Å². The summed E-state index contributed by atoms with van der Waals surface area (Å²) in [5, 5.41) is 28.3. The van der Waals surface area contributed by atoms with Gasteiger partial charge in [0.25, 0.3) is 0 Å². The molecule has 1 heterocycles. The van der Waals surface area contributed by atoms with Gasteiger partial charge in [0.2, 0.25) is 20.5 Å². The first-order valence-electron chi connectivity index (χ1n) is 8.01. The summed E-state index contributed by atoms with van der Waals surface area (Å²) in [4.78, 5) is 45.1. The van der Waals surface area contributed by atoms with E-state index < -0.39 is 72.0 Å². The highest BCUT2D eigenvalue weighted by Gasteiger charge is 2.39. The Balaban J connectivity index is 2.32. The molecule has 0 radical (unpaired) electrons. The first kappa shape index (κ1) is 29.3. The summed E-state index contributed by atoms with van der Waals surface area (Å²) in [6, 6.07) is 0. The van der Waals surface area contributed by atoms with Crippen molar-refractivity contribution in [2.24, 2.45) is 0 Å². The van der Waals surface area contributed by atoms with Crippen molar-refractivity contribution in [1.29, 1.82) is 0 Å². The summed E-state index contributed by atoms with van der Waals surface area (Å²) in [5.74, 6) is -2.99. The number of amides is 2. The lowest BCUT2D eigenvalue weighted by atomic mass is 10.1. The molecule has 1 aliphatic rings. The number of ether oxygens (including phenoxy) is 1. The molecule has 188 valence electrons. The van der Waals surface area contributed by atoms with Crippen molar-refractivity contribution >= 4 is 34.3 Å². The quantitative estimate of drug-likeness (QED) is 0.0768. The molecular weight excluding hydrogens is 522 g/mol. The number of halogens is 3. The van der Waals surface area contributed by atoms with Crippen molar-refractivity contribution < 1.29 is 81.1 Å². The summed E-state index contributed by atoms with van der Waals surface area (Å²) in [7, 11) is -11.1. The molecule has 0 saturated carbocycles. The van der Waals surface area contributed by atoms with Crippen molar-refractivity contribution in [2.75, 3.05) is 19.7 Å². The average Bonchev–Trinajstić information content (AvgIpc) is 3.01. The van der Waals surface area contributed by atoms with Gasteiger partial charge in [0, 0.05) is 19.5 Å². The van der Waals surface area contributed by atoms with E-state index in [2.05, 4.69) is 29.6 Å². The van der Waals surface area contributed by atoms with E-state index in [4.69, 9.17) is 14.9 Å². The van der Waals surface area contributed by atoms with Crippen LogP contribution >= 0.6 is 22.5 Å². The molecule has 0 aromatic rings. The number of alkyl halides is 3. The Kier molecular flexibility index (Phi) is 11.5. The molecule has 16 nitrogen and oxygen atoms in total. The van der Waals surface area contributed by atoms with Crippen LogP contribution in [0.1, 0.15) is 6.42 Å². The molecule has 0 aromatic heterocycles. The first-order valence-corrected chi connectivity index (χ1v) is 13.5. The largest absolute Gasteiger partial charge is 0.471 e. The SMILES string of the molecule is O=C(NCCNC(=O)C(F)(F)F)C1CC(O)C(COOOP(=O)(O)[P-]P(=O)(O)OOO)O1. The minimum Gasteiger partial charge on any atom is -0.390 e. The second kappa shape index (κ2) is 12.6. The van der Waals surface area contributed by atoms with Crippen LogP contribution in [0.4, 0.5) is 13.2 Å². The fraction of sp³-hybridized carbons (Fsp3) is 0.800. The van der Waals surface area contributed by atoms with Gasteiger partial charge in [-0.25, -0.2) is 10.1 Å². The standard InChI is InChI=1S/C10H17F3N2O14P3/c11-10(12,13)9(18)15-2-1-14-8(17)6-3-5(16)7(25-6)4-24-27-29-32(22,23)30-31(20,21)28-26-19/h5-7,16,19H,1-4H2,(H,14,17)(H,15,18)(H,20,21)(H,22,23)/q-1. The summed E-state index contributed by atoms with van der Waals surface area (Å²) >= 11 is 0. The van der Waals surface area contributed by atoms with Crippen LogP contribution in [0.25, 0.3) is 0 Å². The zero-order valence-electron chi connectivity index (χ0n) is 15.4. The Morgan fingerprint density at radius 1 is 1.12 bits per heavy atom. The normalized spacial score (nSPS) is 25.4. The third-order valence-electron chi connectivity index (χ3n) is 3.25. The van der Waals surface area contributed by atoms with Gasteiger partial charge in [-0.2, -0.15) is 13.2 Å². The Labute approximate surface area is 177 Å². The second-order valence-corrected chi connectivity index (χ2v) is 13.3. The molecule has 1 fully saturated rings. The van der Waals surface area contributed by atoms with Crippen LogP contribution < -0.4 is 10.6 Å². The van der Waals surface area contributed by atoms with E-state index in [1.165, 1.54) is 5.32 Å². The molecule has 32 heavy (non-hydrogen) atoms. The number of nitrogens with one attached hydrogen (secondary N) is 2. The third kappa shape index (κ3) is 10.9. The van der Waals surface area contributed by atoms with Gasteiger partial charge in [-0.1, -0.05) is 10.1 Å². The minimum absolute atomic E-state index is 0.251. The fourth-order valence-electron chi connectivity index (χ4n) is 2.00. The van der Waals surface area contributed by atoms with Crippen LogP contribution in [0.3, 0.4) is 0 Å². The van der Waals surface area contributed by atoms with Crippen LogP contribution in [0.5, 0.6) is 0 Å². The van der Waals surface area contributed by atoms with E-state index >= 15 is 0 Å². The predicted molar refractivity (Wildman–Crippen MR) is 90.9 cm³/mol. The van der Waals surface area contributed by atoms with E-state index in [1.54, 1.807) is 0 Å². The number of hydrogen-bond acceptors (Lipinski definition) is 12. The van der Waals surface area contributed by atoms with Crippen LogP contribution in [0, 0.1) is 0 Å². The average molecular weight is 539 g/mol. The number of carbonyl (C=O) groups excluding carboxylic acids is 2. The van der Waals surface area contributed by atoms with E-state index in [0.717, 1.165) is 0 Å². The molecule has 1 saturated heterocycles. The van der Waals surface area contributed by atoms with Gasteiger partial charge in [-0.3, -0.25) is 26.7 Å². The molecule has 22 heteroatoms. The molecule has 2 amide bonds. The van der Waals surface area contributed by atoms with E-state index in [-0.39, 0.29) is 13.0 Å². The molecule has 0 bridgehead atoms. The van der Waals surface area contributed by atoms with Gasteiger partial charge in [0.1, 0.15) is 18.8 Å². The lowest BCUT2D eigenvalue weighted by Gasteiger charge is -2.25. The molecule has 1 aliphatic heterocycles. The van der Waals surface area contributed by atoms with Crippen molar-refractivity contribution in [2.45, 2.75) is 30.9 Å². The summed E-state index contributed by atoms with van der Waals surface area (Å²) in [5.41, 5.74) is 0. The topological polar surface area (TPSA) is 229 Å². The molecule has 5 unspecified atom stereocenters. The van der Waals surface area contributed by atoms with Gasteiger partial charge in [0.05, 0.1) is 6.10 Å². The molecule has 0 aromatic carbocycles. The monoisotopic (exact) mass is 539 g/mol. The van der Waals surface area contributed by atoms with Gasteiger partial charge >= 0.3 is 12.1 Å². The molecule has 5 atom stereocenters. The minimum atomic E-state index is -5.07. The summed E-state index contributed by atoms with van der Waals surface area (Å²) in [6.45, 7) is -1.54. The van der Waals surface area contributed by atoms with Crippen molar-refractivity contribution in [3.8, 4) is 0 Å². The Morgan fingerprint density at radius 2 is 1.72 bits per heavy atom. The number of hydrogen-bond donors (Lipinski definition) is 6. The summed E-state index contributed by atoms with van der Waals surface area (Å²) in [6.07, 6.45) is -9.05. The molecule has 0 aliphatic carbocycles. The van der Waals surface area contributed by atoms with E-state index in [9.17, 15) is 41.9 Å². The third-order valence-corrected chi connectivity index (χ3v) is 10.0. The van der Waals surface area contributed by atoms with E-state index in [0.29, 0.717) is 0 Å². The predicted octanol–water partition coefficient (Wildman–Crippen LogP) is -0.253. The van der Waals surface area contributed by atoms with Gasteiger partial charge < -0.3 is 30.3 Å². The molecule has 0 spiro atoms. The maximum Gasteiger partial charge on any atom is 0.471 e. The van der Waals surface area contributed by atoms with Crippen LogP contribution in [0.15, 0.2) is 0 Å².